The molecule has 0 fully saturated rings. The van der Waals surface area contributed by atoms with Crippen LogP contribution < -0.4 is 9.04 Å². The number of esters is 1. The zero-order valence-electron chi connectivity index (χ0n) is 22.9. The number of furan rings is 1. The topological polar surface area (TPSA) is 146 Å². The maximum atomic E-state index is 14.0. The van der Waals surface area contributed by atoms with Gasteiger partial charge in [-0.05, 0) is 61.5 Å². The molecule has 0 unspecified atom stereocenters. The van der Waals surface area contributed by atoms with Crippen LogP contribution in [0.25, 0.3) is 22.3 Å². The van der Waals surface area contributed by atoms with E-state index >= 15 is 0 Å². The summed E-state index contributed by atoms with van der Waals surface area (Å²) in [6.45, 7) is 1.73. The number of nitro benzene ring substituents is 1. The van der Waals surface area contributed by atoms with Gasteiger partial charge in [-0.3, -0.25) is 14.9 Å². The summed E-state index contributed by atoms with van der Waals surface area (Å²) in [5.41, 5.74) is 0.425. The number of benzene rings is 4. The number of non-ortho nitro benzene ring substituents is 1. The molecule has 0 saturated heterocycles. The minimum atomic E-state index is -4.56. The Morgan fingerprint density at radius 3 is 2.21 bits per heavy atom. The van der Waals surface area contributed by atoms with Gasteiger partial charge in [0.1, 0.15) is 22.7 Å². The van der Waals surface area contributed by atoms with Gasteiger partial charge in [-0.25, -0.2) is 13.2 Å². The van der Waals surface area contributed by atoms with E-state index in [1.54, 1.807) is 37.3 Å². The quantitative estimate of drug-likeness (QED) is 0.109. The average Bonchev–Trinajstić information content (AvgIpc) is 3.41. The Bertz CT molecular complexity index is 1930. The van der Waals surface area contributed by atoms with E-state index in [0.29, 0.717) is 15.6 Å². The van der Waals surface area contributed by atoms with Crippen molar-refractivity contribution in [3.8, 4) is 17.1 Å². The van der Waals surface area contributed by atoms with Crippen molar-refractivity contribution < 1.29 is 36.8 Å². The predicted molar refractivity (Wildman–Crippen MR) is 158 cm³/mol. The molecule has 0 radical (unpaired) electrons. The second-order valence-corrected chi connectivity index (χ2v) is 10.9. The summed E-state index contributed by atoms with van der Waals surface area (Å²) in [4.78, 5) is 37.4. The van der Waals surface area contributed by atoms with Gasteiger partial charge in [0, 0.05) is 28.6 Å². The van der Waals surface area contributed by atoms with Crippen molar-refractivity contribution in [2.45, 2.75) is 11.8 Å². The molecule has 12 heteroatoms. The zero-order valence-corrected chi connectivity index (χ0v) is 23.7. The van der Waals surface area contributed by atoms with Crippen LogP contribution >= 0.6 is 0 Å². The molecule has 1 amide bonds. The van der Waals surface area contributed by atoms with Gasteiger partial charge in [0.05, 0.1) is 29.2 Å². The smallest absolute Gasteiger partial charge is 0.342 e. The Morgan fingerprint density at radius 2 is 1.60 bits per heavy atom. The molecule has 0 saturated carbocycles. The first kappa shape index (κ1) is 29.0. The van der Waals surface area contributed by atoms with Crippen molar-refractivity contribution in [1.82, 2.24) is 0 Å². The maximum Gasteiger partial charge on any atom is 0.342 e. The van der Waals surface area contributed by atoms with Gasteiger partial charge < -0.3 is 13.9 Å². The number of methoxy groups -OCH3 is 1. The molecule has 0 bridgehead atoms. The molecule has 218 valence electrons. The Hall–Kier alpha value is -5.49. The first-order valence-corrected chi connectivity index (χ1v) is 14.4. The van der Waals surface area contributed by atoms with Gasteiger partial charge in [0.25, 0.3) is 21.6 Å². The van der Waals surface area contributed by atoms with E-state index in [2.05, 4.69) is 0 Å². The van der Waals surface area contributed by atoms with Crippen LogP contribution in [0.5, 0.6) is 5.75 Å². The van der Waals surface area contributed by atoms with Crippen LogP contribution in [-0.4, -0.2) is 38.9 Å². The van der Waals surface area contributed by atoms with Crippen LogP contribution in [0.15, 0.2) is 106 Å². The second-order valence-electron chi connectivity index (χ2n) is 9.13. The number of amides is 1. The minimum Gasteiger partial charge on any atom is -0.497 e. The fourth-order valence-electron chi connectivity index (χ4n) is 4.47. The van der Waals surface area contributed by atoms with E-state index in [0.717, 1.165) is 12.1 Å². The molecule has 0 aliphatic rings. The third-order valence-electron chi connectivity index (χ3n) is 6.53. The molecular weight excluding hydrogens is 576 g/mol. The molecule has 11 nitrogen and oxygen atoms in total. The average molecular weight is 601 g/mol. The molecule has 5 aromatic rings. The number of sulfonamides is 1. The number of hydrogen-bond donors (Lipinski definition) is 0. The first-order valence-electron chi connectivity index (χ1n) is 12.9. The van der Waals surface area contributed by atoms with Crippen LogP contribution in [-0.2, 0) is 14.8 Å². The third kappa shape index (κ3) is 5.55. The molecule has 0 N–H and O–H groups in total. The number of carbonyl (C=O) groups excluding carboxylic acids is 2. The Kier molecular flexibility index (Phi) is 7.95. The highest BCUT2D eigenvalue weighted by Crippen LogP contribution is 2.38. The van der Waals surface area contributed by atoms with Gasteiger partial charge in [-0.15, -0.1) is 0 Å². The number of rotatable bonds is 9. The van der Waals surface area contributed by atoms with Crippen molar-refractivity contribution in [1.29, 1.82) is 0 Å². The van der Waals surface area contributed by atoms with Crippen LogP contribution in [0.2, 0.25) is 0 Å². The summed E-state index contributed by atoms with van der Waals surface area (Å²) in [6.07, 6.45) is 0. The first-order chi connectivity index (χ1) is 20.6. The van der Waals surface area contributed by atoms with Crippen LogP contribution in [0, 0.1) is 10.1 Å². The molecular formula is C31H24N2O9S. The highest BCUT2D eigenvalue weighted by Gasteiger charge is 2.34. The van der Waals surface area contributed by atoms with Crippen molar-refractivity contribution in [3.05, 3.63) is 118 Å². The summed E-state index contributed by atoms with van der Waals surface area (Å²) in [6, 6.07) is 23.1. The number of carbonyl (C=O) groups is 2. The second kappa shape index (κ2) is 11.8. The molecule has 43 heavy (non-hydrogen) atoms. The van der Waals surface area contributed by atoms with Crippen LogP contribution in [0.4, 0.5) is 11.4 Å². The van der Waals surface area contributed by atoms with Crippen LogP contribution in [0.3, 0.4) is 0 Å². The van der Waals surface area contributed by atoms with E-state index in [4.69, 9.17) is 13.9 Å². The molecule has 0 aliphatic carbocycles. The van der Waals surface area contributed by atoms with Crippen molar-refractivity contribution in [2.75, 3.05) is 18.0 Å². The normalized spacial score (nSPS) is 11.2. The van der Waals surface area contributed by atoms with E-state index < -0.39 is 26.8 Å². The highest BCUT2D eigenvalue weighted by atomic mass is 32.2. The number of ether oxygens (including phenoxy) is 2. The summed E-state index contributed by atoms with van der Waals surface area (Å²) >= 11 is 0. The van der Waals surface area contributed by atoms with Crippen molar-refractivity contribution in [3.63, 3.8) is 0 Å². The lowest BCUT2D eigenvalue weighted by Crippen LogP contribution is -2.37. The summed E-state index contributed by atoms with van der Waals surface area (Å²) in [5, 5.41) is 11.4. The number of fused-ring (bicyclic) bond motifs is 1. The van der Waals surface area contributed by atoms with Gasteiger partial charge >= 0.3 is 5.97 Å². The fraction of sp³-hybridized carbons (Fsp3) is 0.0968. The lowest BCUT2D eigenvalue weighted by Gasteiger charge is -2.23. The lowest BCUT2D eigenvalue weighted by atomic mass is 10.1. The number of nitro groups is 1. The van der Waals surface area contributed by atoms with Crippen LogP contribution in [0.1, 0.15) is 27.6 Å². The molecule has 0 aliphatic heterocycles. The van der Waals surface area contributed by atoms with Gasteiger partial charge in [-0.2, -0.15) is 4.31 Å². The molecule has 1 heterocycles. The molecule has 0 spiro atoms. The maximum absolute atomic E-state index is 14.0. The summed E-state index contributed by atoms with van der Waals surface area (Å²) in [7, 11) is -3.13. The number of nitrogens with zero attached hydrogens (tertiary/aromatic N) is 2. The standard InChI is InChI=1S/C31H24N2O9S/c1-3-41-31(35)28-26-19-23(13-18-27(26)42-29(28)20-7-5-4-6-8-20)32(30(34)21-9-11-22(12-10-21)33(36)37)43(38,39)25-16-14-24(40-2)15-17-25/h4-19H,3H2,1-2H3. The lowest BCUT2D eigenvalue weighted by molar-refractivity contribution is -0.384. The largest absolute Gasteiger partial charge is 0.497 e. The number of anilines is 1. The van der Waals surface area contributed by atoms with Gasteiger partial charge in [-0.1, -0.05) is 30.3 Å². The van der Waals surface area contributed by atoms with Gasteiger partial charge in [0.2, 0.25) is 0 Å². The molecule has 5 rings (SSSR count). The summed E-state index contributed by atoms with van der Waals surface area (Å²) in [5.74, 6) is -1.05. The van der Waals surface area contributed by atoms with E-state index in [9.17, 15) is 28.1 Å². The highest BCUT2D eigenvalue weighted by molar-refractivity contribution is 7.93. The third-order valence-corrected chi connectivity index (χ3v) is 8.25. The van der Waals surface area contributed by atoms with E-state index in [1.807, 2.05) is 0 Å². The zero-order chi connectivity index (χ0) is 30.7. The minimum absolute atomic E-state index is 0.0643. The Labute approximate surface area is 246 Å². The van der Waals surface area contributed by atoms with E-state index in [1.165, 1.54) is 61.7 Å². The predicted octanol–water partition coefficient (Wildman–Crippen LogP) is 6.23. The monoisotopic (exact) mass is 600 g/mol. The molecule has 0 atom stereocenters. The Balaban J connectivity index is 1.72. The van der Waals surface area contributed by atoms with Gasteiger partial charge in [0.15, 0.2) is 0 Å². The summed E-state index contributed by atoms with van der Waals surface area (Å²) < 4.78 is 45.1. The van der Waals surface area contributed by atoms with Crippen molar-refractivity contribution >= 4 is 44.2 Å². The van der Waals surface area contributed by atoms with E-state index in [-0.39, 0.29) is 50.7 Å². The Morgan fingerprint density at radius 1 is 0.930 bits per heavy atom. The van der Waals surface area contributed by atoms with Crippen molar-refractivity contribution in [2.24, 2.45) is 0 Å². The number of hydrogen-bond acceptors (Lipinski definition) is 9. The fourth-order valence-corrected chi connectivity index (χ4v) is 5.88. The SMILES string of the molecule is CCOC(=O)c1c(-c2ccccc2)oc2ccc(N(C(=O)c3ccc([N+](=O)[O-])cc3)S(=O)(=O)c3ccc(OC)cc3)cc12. The molecule has 4 aromatic carbocycles. The molecule has 1 aromatic heterocycles.